The van der Waals surface area contributed by atoms with Crippen LogP contribution in [0.15, 0.2) is 59.5 Å². The molecule has 0 amide bonds. The highest BCUT2D eigenvalue weighted by atomic mass is 32.2. The van der Waals surface area contributed by atoms with Crippen LogP contribution in [-0.4, -0.2) is 25.8 Å². The molecule has 1 aliphatic heterocycles. The van der Waals surface area contributed by atoms with E-state index < -0.39 is 10.0 Å². The second-order valence-corrected chi connectivity index (χ2v) is 6.59. The third-order valence-corrected chi connectivity index (χ3v) is 5.33. The molecule has 1 aliphatic rings. The first-order chi connectivity index (χ1) is 9.18. The van der Waals surface area contributed by atoms with Gasteiger partial charge in [-0.1, -0.05) is 42.5 Å². The Morgan fingerprint density at radius 1 is 0.789 bits per heavy atom. The zero-order chi connectivity index (χ0) is 13.3. The summed E-state index contributed by atoms with van der Waals surface area (Å²) in [5, 5.41) is 0. The topological polar surface area (TPSA) is 37.4 Å². The van der Waals surface area contributed by atoms with Gasteiger partial charge in [0.1, 0.15) is 0 Å². The van der Waals surface area contributed by atoms with E-state index in [4.69, 9.17) is 0 Å². The van der Waals surface area contributed by atoms with Crippen LogP contribution in [0.25, 0.3) is 11.1 Å². The maximum atomic E-state index is 12.2. The minimum atomic E-state index is -3.27. The lowest BCUT2D eigenvalue weighted by molar-refractivity contribution is 0.309. The Labute approximate surface area is 113 Å². The van der Waals surface area contributed by atoms with E-state index in [1.54, 1.807) is 12.1 Å². The van der Waals surface area contributed by atoms with Crippen molar-refractivity contribution in [1.29, 1.82) is 0 Å². The molecule has 1 heterocycles. The van der Waals surface area contributed by atoms with E-state index >= 15 is 0 Å². The fraction of sp³-hybridized carbons (Fsp3) is 0.200. The summed E-state index contributed by atoms with van der Waals surface area (Å²) in [4.78, 5) is 0.381. The van der Waals surface area contributed by atoms with Crippen LogP contribution in [0, 0.1) is 0 Å². The SMILES string of the molecule is O=S(=O)(c1ccc(-c2ccccc2)cc1)N1CCC1. The molecule has 0 spiro atoms. The molecule has 0 aromatic heterocycles. The number of sulfonamides is 1. The predicted octanol–water partition coefficient (Wildman–Crippen LogP) is 2.75. The van der Waals surface area contributed by atoms with E-state index in [1.807, 2.05) is 42.5 Å². The van der Waals surface area contributed by atoms with Gasteiger partial charge in [-0.3, -0.25) is 0 Å². The molecule has 3 rings (SSSR count). The number of nitrogens with zero attached hydrogens (tertiary/aromatic N) is 1. The van der Waals surface area contributed by atoms with Crippen molar-refractivity contribution < 1.29 is 8.42 Å². The second-order valence-electron chi connectivity index (χ2n) is 4.65. The minimum Gasteiger partial charge on any atom is -0.207 e. The van der Waals surface area contributed by atoms with Crippen molar-refractivity contribution in [3.63, 3.8) is 0 Å². The summed E-state index contributed by atoms with van der Waals surface area (Å²) in [6.45, 7) is 1.28. The van der Waals surface area contributed by atoms with E-state index in [0.29, 0.717) is 18.0 Å². The average molecular weight is 273 g/mol. The van der Waals surface area contributed by atoms with Crippen molar-refractivity contribution in [2.75, 3.05) is 13.1 Å². The highest BCUT2D eigenvalue weighted by Crippen LogP contribution is 2.24. The molecular weight excluding hydrogens is 258 g/mol. The molecule has 3 nitrogen and oxygen atoms in total. The first-order valence-electron chi connectivity index (χ1n) is 6.33. The maximum Gasteiger partial charge on any atom is 0.243 e. The Morgan fingerprint density at radius 3 is 1.89 bits per heavy atom. The Bertz CT molecular complexity index is 659. The quantitative estimate of drug-likeness (QED) is 0.862. The van der Waals surface area contributed by atoms with Crippen LogP contribution >= 0.6 is 0 Å². The van der Waals surface area contributed by atoms with Gasteiger partial charge >= 0.3 is 0 Å². The van der Waals surface area contributed by atoms with Crippen LogP contribution in [0.1, 0.15) is 6.42 Å². The standard InChI is InChI=1S/C15H15NO2S/c17-19(18,16-11-4-12-16)15-9-7-14(8-10-15)13-5-2-1-3-6-13/h1-3,5-10H,4,11-12H2. The Balaban J connectivity index is 1.91. The number of benzene rings is 2. The van der Waals surface area contributed by atoms with Gasteiger partial charge in [0.25, 0.3) is 0 Å². The smallest absolute Gasteiger partial charge is 0.207 e. The van der Waals surface area contributed by atoms with Crippen LogP contribution < -0.4 is 0 Å². The van der Waals surface area contributed by atoms with Gasteiger partial charge in [0, 0.05) is 13.1 Å². The zero-order valence-electron chi connectivity index (χ0n) is 10.5. The van der Waals surface area contributed by atoms with Crippen LogP contribution in [0.2, 0.25) is 0 Å². The molecule has 1 saturated heterocycles. The largest absolute Gasteiger partial charge is 0.243 e. The molecule has 2 aromatic carbocycles. The molecule has 4 heteroatoms. The lowest BCUT2D eigenvalue weighted by Crippen LogP contribution is -2.41. The van der Waals surface area contributed by atoms with Crippen LogP contribution in [0.5, 0.6) is 0 Å². The van der Waals surface area contributed by atoms with Gasteiger partial charge in [-0.15, -0.1) is 0 Å². The van der Waals surface area contributed by atoms with Gasteiger partial charge in [-0.2, -0.15) is 4.31 Å². The second kappa shape index (κ2) is 4.79. The first-order valence-corrected chi connectivity index (χ1v) is 7.77. The van der Waals surface area contributed by atoms with E-state index in [0.717, 1.165) is 17.5 Å². The fourth-order valence-electron chi connectivity index (χ4n) is 2.13. The molecule has 0 bridgehead atoms. The number of rotatable bonds is 3. The average Bonchev–Trinajstić information content (AvgIpc) is 2.37. The number of hydrogen-bond donors (Lipinski definition) is 0. The summed E-state index contributed by atoms with van der Waals surface area (Å²) in [5.74, 6) is 0. The van der Waals surface area contributed by atoms with Crippen molar-refractivity contribution in [2.24, 2.45) is 0 Å². The van der Waals surface area contributed by atoms with Crippen LogP contribution in [-0.2, 0) is 10.0 Å². The summed E-state index contributed by atoms with van der Waals surface area (Å²) in [5.41, 5.74) is 2.12. The highest BCUT2D eigenvalue weighted by molar-refractivity contribution is 7.89. The van der Waals surface area contributed by atoms with E-state index in [-0.39, 0.29) is 0 Å². The molecule has 1 fully saturated rings. The zero-order valence-corrected chi connectivity index (χ0v) is 11.3. The van der Waals surface area contributed by atoms with Gasteiger partial charge in [-0.05, 0) is 29.7 Å². The van der Waals surface area contributed by atoms with Crippen LogP contribution in [0.4, 0.5) is 0 Å². The van der Waals surface area contributed by atoms with Crippen molar-refractivity contribution in [1.82, 2.24) is 4.31 Å². The molecule has 0 atom stereocenters. The molecule has 98 valence electrons. The van der Waals surface area contributed by atoms with Gasteiger partial charge in [-0.25, -0.2) is 8.42 Å². The molecule has 0 unspecified atom stereocenters. The first kappa shape index (κ1) is 12.4. The molecular formula is C15H15NO2S. The molecule has 0 aliphatic carbocycles. The summed E-state index contributed by atoms with van der Waals surface area (Å²) in [6, 6.07) is 17.0. The lowest BCUT2D eigenvalue weighted by atomic mass is 10.1. The molecule has 0 radical (unpaired) electrons. The Hall–Kier alpha value is -1.65. The van der Waals surface area contributed by atoms with E-state index in [2.05, 4.69) is 0 Å². The van der Waals surface area contributed by atoms with Crippen molar-refractivity contribution in [3.8, 4) is 11.1 Å². The summed E-state index contributed by atoms with van der Waals surface area (Å²) in [7, 11) is -3.27. The third kappa shape index (κ3) is 2.29. The minimum absolute atomic E-state index is 0.381. The predicted molar refractivity (Wildman–Crippen MR) is 75.3 cm³/mol. The molecule has 0 saturated carbocycles. The molecule has 0 N–H and O–H groups in total. The van der Waals surface area contributed by atoms with Gasteiger partial charge in [0.15, 0.2) is 0 Å². The summed E-state index contributed by atoms with van der Waals surface area (Å²) >= 11 is 0. The van der Waals surface area contributed by atoms with Crippen molar-refractivity contribution in [3.05, 3.63) is 54.6 Å². The maximum absolute atomic E-state index is 12.2. The lowest BCUT2D eigenvalue weighted by Gasteiger charge is -2.29. The summed E-state index contributed by atoms with van der Waals surface area (Å²) in [6.07, 6.45) is 0.960. The number of hydrogen-bond acceptors (Lipinski definition) is 2. The van der Waals surface area contributed by atoms with Crippen molar-refractivity contribution in [2.45, 2.75) is 11.3 Å². The Kier molecular flexibility index (Phi) is 3.12. The van der Waals surface area contributed by atoms with Gasteiger partial charge in [0.2, 0.25) is 10.0 Å². The third-order valence-electron chi connectivity index (χ3n) is 3.41. The van der Waals surface area contributed by atoms with E-state index in [1.165, 1.54) is 4.31 Å². The normalized spacial score (nSPS) is 16.0. The van der Waals surface area contributed by atoms with E-state index in [9.17, 15) is 8.42 Å². The fourth-order valence-corrected chi connectivity index (χ4v) is 3.64. The van der Waals surface area contributed by atoms with Crippen molar-refractivity contribution >= 4 is 10.0 Å². The van der Waals surface area contributed by atoms with Gasteiger partial charge in [0.05, 0.1) is 4.90 Å². The monoisotopic (exact) mass is 273 g/mol. The Morgan fingerprint density at radius 2 is 1.37 bits per heavy atom. The van der Waals surface area contributed by atoms with Crippen LogP contribution in [0.3, 0.4) is 0 Å². The summed E-state index contributed by atoms with van der Waals surface area (Å²) < 4.78 is 25.9. The van der Waals surface area contributed by atoms with Gasteiger partial charge < -0.3 is 0 Å². The molecule has 19 heavy (non-hydrogen) atoms. The highest BCUT2D eigenvalue weighted by Gasteiger charge is 2.28. The molecule has 2 aromatic rings.